The molecule has 0 aromatic carbocycles. The maximum Gasteiger partial charge on any atom is 0.241 e. The first-order chi connectivity index (χ1) is 9.01. The van der Waals surface area contributed by atoms with Gasteiger partial charge < -0.3 is 15.5 Å². The van der Waals surface area contributed by atoms with Gasteiger partial charge in [0.05, 0.1) is 6.54 Å². The van der Waals surface area contributed by atoms with E-state index in [2.05, 4.69) is 0 Å². The summed E-state index contributed by atoms with van der Waals surface area (Å²) in [5, 5.41) is 0. The Labute approximate surface area is 116 Å². The highest BCUT2D eigenvalue weighted by atomic mass is 16.2. The van der Waals surface area contributed by atoms with E-state index in [9.17, 15) is 9.59 Å². The van der Waals surface area contributed by atoms with E-state index in [-0.39, 0.29) is 24.3 Å². The van der Waals surface area contributed by atoms with Crippen LogP contribution in [0.25, 0.3) is 0 Å². The van der Waals surface area contributed by atoms with Crippen LogP contribution in [-0.2, 0) is 9.59 Å². The summed E-state index contributed by atoms with van der Waals surface area (Å²) in [5.74, 6) is 0.405. The molecule has 0 unspecified atom stereocenters. The van der Waals surface area contributed by atoms with Gasteiger partial charge in [-0.05, 0) is 31.7 Å². The predicted octanol–water partition coefficient (Wildman–Crippen LogP) is 0.688. The Bertz CT molecular complexity index is 318. The lowest BCUT2D eigenvalue weighted by molar-refractivity contribution is -0.142. The molecule has 2 N–H and O–H groups in total. The van der Waals surface area contributed by atoms with Crippen molar-refractivity contribution in [2.24, 2.45) is 17.6 Å². The molecule has 1 fully saturated rings. The number of likely N-dealkylation sites (N-methyl/N-ethyl adjacent to an activating group) is 1. The van der Waals surface area contributed by atoms with Crippen molar-refractivity contribution in [3.63, 3.8) is 0 Å². The molecule has 0 heterocycles. The highest BCUT2D eigenvalue weighted by Gasteiger charge is 2.35. The Morgan fingerprint density at radius 3 is 2.47 bits per heavy atom. The minimum atomic E-state index is -0.0240. The predicted molar refractivity (Wildman–Crippen MR) is 75.5 cm³/mol. The zero-order valence-electron chi connectivity index (χ0n) is 12.4. The van der Waals surface area contributed by atoms with Crippen molar-refractivity contribution in [2.45, 2.75) is 32.6 Å². The van der Waals surface area contributed by atoms with Crippen LogP contribution in [-0.4, -0.2) is 55.3 Å². The molecule has 19 heavy (non-hydrogen) atoms. The minimum Gasteiger partial charge on any atom is -0.347 e. The molecular weight excluding hydrogens is 242 g/mol. The molecule has 0 radical (unpaired) electrons. The zero-order chi connectivity index (χ0) is 14.4. The second-order valence-electron chi connectivity index (χ2n) is 5.58. The van der Waals surface area contributed by atoms with Crippen LogP contribution in [0.2, 0.25) is 0 Å². The van der Waals surface area contributed by atoms with Gasteiger partial charge in [0.15, 0.2) is 0 Å². The van der Waals surface area contributed by atoms with Gasteiger partial charge in [0.25, 0.3) is 0 Å². The smallest absolute Gasteiger partial charge is 0.241 e. The molecule has 1 rings (SSSR count). The maximum absolute atomic E-state index is 12.6. The van der Waals surface area contributed by atoms with E-state index in [0.29, 0.717) is 19.0 Å². The van der Waals surface area contributed by atoms with Crippen LogP contribution < -0.4 is 5.73 Å². The topological polar surface area (TPSA) is 66.6 Å². The van der Waals surface area contributed by atoms with E-state index >= 15 is 0 Å². The standard InChI is InChI=1S/C14H27N3O2/c1-4-8-17(10-13(18)16(2)3)14(19)12-7-5-6-11(12)9-15/h11-12H,4-10,15H2,1-3H3/t11-,12-/m1/s1. The van der Waals surface area contributed by atoms with Crippen LogP contribution >= 0.6 is 0 Å². The fraction of sp³-hybridized carbons (Fsp3) is 0.857. The quantitative estimate of drug-likeness (QED) is 0.771. The molecule has 0 saturated heterocycles. The number of rotatable bonds is 6. The molecule has 0 aliphatic heterocycles. The SMILES string of the molecule is CCCN(CC(=O)N(C)C)C(=O)[C@@H]1CCC[C@@H]1CN. The van der Waals surface area contributed by atoms with Gasteiger partial charge in [0, 0.05) is 26.6 Å². The van der Waals surface area contributed by atoms with Gasteiger partial charge in [-0.3, -0.25) is 9.59 Å². The van der Waals surface area contributed by atoms with Crippen molar-refractivity contribution in [2.75, 3.05) is 33.7 Å². The fourth-order valence-electron chi connectivity index (χ4n) is 2.72. The summed E-state index contributed by atoms with van der Waals surface area (Å²) in [4.78, 5) is 27.6. The molecule has 0 bridgehead atoms. The van der Waals surface area contributed by atoms with Crippen molar-refractivity contribution in [3.8, 4) is 0 Å². The molecular formula is C14H27N3O2. The lowest BCUT2D eigenvalue weighted by Crippen LogP contribution is -2.44. The molecule has 1 saturated carbocycles. The molecule has 2 amide bonds. The molecule has 2 atom stereocenters. The first-order valence-corrected chi connectivity index (χ1v) is 7.20. The largest absolute Gasteiger partial charge is 0.347 e. The summed E-state index contributed by atoms with van der Waals surface area (Å²) < 4.78 is 0. The average Bonchev–Trinajstić information content (AvgIpc) is 2.85. The number of nitrogens with two attached hydrogens (primary N) is 1. The number of hydrogen-bond acceptors (Lipinski definition) is 3. The number of carbonyl (C=O) groups excluding carboxylic acids is 2. The van der Waals surface area contributed by atoms with Crippen LogP contribution in [0.1, 0.15) is 32.6 Å². The van der Waals surface area contributed by atoms with Gasteiger partial charge in [-0.15, -0.1) is 0 Å². The summed E-state index contributed by atoms with van der Waals surface area (Å²) >= 11 is 0. The molecule has 1 aliphatic rings. The van der Waals surface area contributed by atoms with E-state index in [1.54, 1.807) is 19.0 Å². The lowest BCUT2D eigenvalue weighted by atomic mass is 9.94. The van der Waals surface area contributed by atoms with E-state index in [0.717, 1.165) is 25.7 Å². The third-order valence-electron chi connectivity index (χ3n) is 3.91. The van der Waals surface area contributed by atoms with Crippen LogP contribution in [0.15, 0.2) is 0 Å². The van der Waals surface area contributed by atoms with Crippen molar-refractivity contribution in [1.29, 1.82) is 0 Å². The molecule has 1 aliphatic carbocycles. The second kappa shape index (κ2) is 7.48. The summed E-state index contributed by atoms with van der Waals surface area (Å²) in [7, 11) is 3.43. The van der Waals surface area contributed by atoms with Gasteiger partial charge in [-0.1, -0.05) is 13.3 Å². The Kier molecular flexibility index (Phi) is 6.28. The van der Waals surface area contributed by atoms with Crippen LogP contribution in [0, 0.1) is 11.8 Å². The van der Waals surface area contributed by atoms with Gasteiger partial charge >= 0.3 is 0 Å². The number of amides is 2. The Balaban J connectivity index is 2.69. The van der Waals surface area contributed by atoms with Gasteiger partial charge in [-0.2, -0.15) is 0 Å². The van der Waals surface area contributed by atoms with Gasteiger partial charge in [0.1, 0.15) is 0 Å². The van der Waals surface area contributed by atoms with Crippen molar-refractivity contribution >= 4 is 11.8 Å². The molecule has 110 valence electrons. The molecule has 0 aromatic rings. The Morgan fingerprint density at radius 1 is 1.26 bits per heavy atom. The first-order valence-electron chi connectivity index (χ1n) is 7.20. The third-order valence-corrected chi connectivity index (χ3v) is 3.91. The highest BCUT2D eigenvalue weighted by Crippen LogP contribution is 2.32. The molecule has 0 spiro atoms. The van der Waals surface area contributed by atoms with Crippen LogP contribution in [0.5, 0.6) is 0 Å². The zero-order valence-corrected chi connectivity index (χ0v) is 12.4. The first kappa shape index (κ1) is 16.0. The fourth-order valence-corrected chi connectivity index (χ4v) is 2.72. The summed E-state index contributed by atoms with van der Waals surface area (Å²) in [5.41, 5.74) is 5.74. The maximum atomic E-state index is 12.6. The summed E-state index contributed by atoms with van der Waals surface area (Å²) in [6.07, 6.45) is 3.89. The van der Waals surface area contributed by atoms with Crippen LogP contribution in [0.4, 0.5) is 0 Å². The Morgan fingerprint density at radius 2 is 1.95 bits per heavy atom. The van der Waals surface area contributed by atoms with Crippen molar-refractivity contribution in [3.05, 3.63) is 0 Å². The monoisotopic (exact) mass is 269 g/mol. The normalized spacial score (nSPS) is 22.3. The van der Waals surface area contributed by atoms with E-state index in [1.807, 2.05) is 6.92 Å². The van der Waals surface area contributed by atoms with E-state index in [1.165, 1.54) is 4.90 Å². The van der Waals surface area contributed by atoms with E-state index in [4.69, 9.17) is 5.73 Å². The number of hydrogen-bond donors (Lipinski definition) is 1. The number of nitrogens with zero attached hydrogens (tertiary/aromatic N) is 2. The number of carbonyl (C=O) groups is 2. The van der Waals surface area contributed by atoms with Gasteiger partial charge in [0.2, 0.25) is 11.8 Å². The Hall–Kier alpha value is -1.10. The van der Waals surface area contributed by atoms with Crippen molar-refractivity contribution in [1.82, 2.24) is 9.80 Å². The van der Waals surface area contributed by atoms with Crippen molar-refractivity contribution < 1.29 is 9.59 Å². The van der Waals surface area contributed by atoms with Gasteiger partial charge in [-0.25, -0.2) is 0 Å². The molecule has 0 aromatic heterocycles. The van der Waals surface area contributed by atoms with Crippen LogP contribution in [0.3, 0.4) is 0 Å². The third kappa shape index (κ3) is 4.20. The lowest BCUT2D eigenvalue weighted by Gasteiger charge is -2.28. The molecule has 5 heteroatoms. The summed E-state index contributed by atoms with van der Waals surface area (Å²) in [6.45, 7) is 3.42. The average molecular weight is 269 g/mol. The van der Waals surface area contributed by atoms with E-state index < -0.39 is 0 Å². The second-order valence-corrected chi connectivity index (χ2v) is 5.58. The molecule has 5 nitrogen and oxygen atoms in total. The highest BCUT2D eigenvalue weighted by molar-refractivity contribution is 5.86. The summed E-state index contributed by atoms with van der Waals surface area (Å²) in [6, 6.07) is 0. The minimum absolute atomic E-state index is 0.0199.